The van der Waals surface area contributed by atoms with Crippen molar-refractivity contribution >= 4 is 21.8 Å². The van der Waals surface area contributed by atoms with E-state index < -0.39 is 11.6 Å². The molecule has 4 nitrogen and oxygen atoms in total. The second-order valence-corrected chi connectivity index (χ2v) is 5.21. The topological polar surface area (TPSA) is 51.2 Å². The lowest BCUT2D eigenvalue weighted by molar-refractivity contribution is 0.0958. The summed E-state index contributed by atoms with van der Waals surface area (Å²) in [6.07, 6.45) is 3.01. The van der Waals surface area contributed by atoms with Crippen LogP contribution in [0.3, 0.4) is 0 Å². The molecule has 1 amide bonds. The van der Waals surface area contributed by atoms with E-state index in [1.54, 1.807) is 12.3 Å². The maximum absolute atomic E-state index is 13.3. The maximum atomic E-state index is 13.3. The summed E-state index contributed by atoms with van der Waals surface area (Å²) in [6.45, 7) is 0.0392. The zero-order valence-corrected chi connectivity index (χ0v) is 13.4. The molecule has 0 aliphatic rings. The molecule has 0 saturated carbocycles. The molecule has 0 spiro atoms. The largest absolute Gasteiger partial charge is 0.478 e. The number of hydrogen-bond donors (Lipinski definition) is 1. The van der Waals surface area contributed by atoms with E-state index >= 15 is 0 Å². The van der Waals surface area contributed by atoms with Crippen molar-refractivity contribution < 1.29 is 18.3 Å². The van der Waals surface area contributed by atoms with Crippen molar-refractivity contribution in [3.63, 3.8) is 0 Å². The van der Waals surface area contributed by atoms with Crippen LogP contribution in [0.1, 0.15) is 10.4 Å². The van der Waals surface area contributed by atoms with Crippen LogP contribution in [0.15, 0.2) is 41.1 Å². The van der Waals surface area contributed by atoms with Gasteiger partial charge < -0.3 is 10.1 Å². The summed E-state index contributed by atoms with van der Waals surface area (Å²) in [7, 11) is 0. The van der Waals surface area contributed by atoms with Gasteiger partial charge in [-0.15, -0.1) is 0 Å². The van der Waals surface area contributed by atoms with Crippen LogP contribution < -0.4 is 10.1 Å². The van der Waals surface area contributed by atoms with Crippen LogP contribution in [-0.4, -0.2) is 24.0 Å². The molecule has 23 heavy (non-hydrogen) atoms. The maximum Gasteiger partial charge on any atom is 0.253 e. The third-order valence-corrected chi connectivity index (χ3v) is 3.06. The molecule has 0 bridgehead atoms. The van der Waals surface area contributed by atoms with Gasteiger partial charge in [-0.2, -0.15) is 0 Å². The third-order valence-electron chi connectivity index (χ3n) is 2.62. The predicted octanol–water partition coefficient (Wildman–Crippen LogP) is 2.93. The number of nitrogens with zero attached hydrogens (tertiary/aromatic N) is 1. The lowest BCUT2D eigenvalue weighted by atomic mass is 10.3. The van der Waals surface area contributed by atoms with Gasteiger partial charge in [0, 0.05) is 22.9 Å². The Hall–Kier alpha value is -2.46. The fourth-order valence-corrected chi connectivity index (χ4v) is 1.95. The lowest BCUT2D eigenvalue weighted by Gasteiger charge is -2.03. The van der Waals surface area contributed by atoms with Crippen LogP contribution in [0.4, 0.5) is 8.78 Å². The Morgan fingerprint density at radius 3 is 2.83 bits per heavy atom. The molecule has 0 atom stereocenters. The number of halogens is 3. The molecule has 1 aromatic carbocycles. The number of carbonyl (C=O) groups excluding carboxylic acids is 1. The van der Waals surface area contributed by atoms with Crippen molar-refractivity contribution in [2.75, 3.05) is 13.2 Å². The minimum Gasteiger partial charge on any atom is -0.478 e. The normalized spacial score (nSPS) is 9.70. The average Bonchev–Trinajstić information content (AvgIpc) is 2.52. The van der Waals surface area contributed by atoms with Gasteiger partial charge >= 0.3 is 0 Å². The van der Waals surface area contributed by atoms with E-state index in [-0.39, 0.29) is 24.8 Å². The number of nitrogens with one attached hydrogen (secondary N) is 1. The van der Waals surface area contributed by atoms with Crippen LogP contribution in [0, 0.1) is 23.5 Å². The second kappa shape index (κ2) is 8.25. The minimum atomic E-state index is -0.790. The summed E-state index contributed by atoms with van der Waals surface area (Å²) in [5, 5.41) is 2.59. The monoisotopic (exact) mass is 380 g/mol. The Morgan fingerprint density at radius 1 is 1.26 bits per heavy atom. The molecule has 0 radical (unpaired) electrons. The number of pyridine rings is 1. The molecular weight excluding hydrogens is 370 g/mol. The molecule has 2 rings (SSSR count). The first kappa shape index (κ1) is 16.9. The lowest BCUT2D eigenvalue weighted by Crippen LogP contribution is -2.23. The summed E-state index contributed by atoms with van der Waals surface area (Å²) in [4.78, 5) is 15.7. The molecule has 1 aromatic heterocycles. The molecule has 0 aliphatic carbocycles. The Labute approximate surface area is 140 Å². The zero-order valence-electron chi connectivity index (χ0n) is 11.8. The van der Waals surface area contributed by atoms with Crippen LogP contribution in [-0.2, 0) is 0 Å². The number of rotatable bonds is 4. The van der Waals surface area contributed by atoms with E-state index in [2.05, 4.69) is 38.1 Å². The molecule has 2 aromatic rings. The van der Waals surface area contributed by atoms with Crippen LogP contribution in [0.5, 0.6) is 5.75 Å². The third kappa shape index (κ3) is 5.34. The fraction of sp³-hybridized carbons (Fsp3) is 0.125. The molecule has 1 heterocycles. The van der Waals surface area contributed by atoms with Crippen molar-refractivity contribution in [2.45, 2.75) is 0 Å². The Bertz CT molecular complexity index is 772. The van der Waals surface area contributed by atoms with E-state index in [0.29, 0.717) is 10.0 Å². The summed E-state index contributed by atoms with van der Waals surface area (Å²) >= 11 is 3.22. The van der Waals surface area contributed by atoms with Crippen LogP contribution >= 0.6 is 15.9 Å². The molecule has 7 heteroatoms. The Morgan fingerprint density at radius 2 is 2.09 bits per heavy atom. The molecule has 0 saturated heterocycles. The number of hydrogen-bond acceptors (Lipinski definition) is 3. The first-order valence-electron chi connectivity index (χ1n) is 6.48. The first-order chi connectivity index (χ1) is 11.1. The summed E-state index contributed by atoms with van der Waals surface area (Å²) in [5.41, 5.74) is 0.408. The Balaban J connectivity index is 1.77. The van der Waals surface area contributed by atoms with Gasteiger partial charge in [-0.25, -0.2) is 8.78 Å². The molecule has 1 N–H and O–H groups in total. The number of aromatic nitrogens is 1. The van der Waals surface area contributed by atoms with Gasteiger partial charge in [0.15, 0.2) is 11.6 Å². The standard InChI is InChI=1S/C16H11BrF2N2O2/c17-12-7-11(9-20-10-12)16(22)21-5-1-2-6-23-15-4-3-13(18)8-14(15)19/h3-4,7-10H,5-6H2,(H,21,22). The quantitative estimate of drug-likeness (QED) is 0.829. The molecule has 118 valence electrons. The number of amides is 1. The van der Waals surface area contributed by atoms with E-state index in [0.717, 1.165) is 12.1 Å². The summed E-state index contributed by atoms with van der Waals surface area (Å²) in [5.74, 6) is 3.44. The van der Waals surface area contributed by atoms with Gasteiger partial charge in [0.05, 0.1) is 12.1 Å². The van der Waals surface area contributed by atoms with Gasteiger partial charge in [0.1, 0.15) is 12.4 Å². The molecule has 0 aliphatic heterocycles. The first-order valence-corrected chi connectivity index (χ1v) is 7.28. The minimum absolute atomic E-state index is 0.0726. The summed E-state index contributed by atoms with van der Waals surface area (Å²) < 4.78 is 31.7. The highest BCUT2D eigenvalue weighted by Gasteiger charge is 2.05. The van der Waals surface area contributed by atoms with Gasteiger partial charge in [-0.1, -0.05) is 11.8 Å². The van der Waals surface area contributed by atoms with E-state index in [1.165, 1.54) is 12.3 Å². The number of benzene rings is 1. The number of carbonyl (C=O) groups is 1. The molecular formula is C16H11BrF2N2O2. The van der Waals surface area contributed by atoms with Gasteiger partial charge in [-0.05, 0) is 34.1 Å². The van der Waals surface area contributed by atoms with Crippen molar-refractivity contribution in [3.8, 4) is 17.6 Å². The fourth-order valence-electron chi connectivity index (χ4n) is 1.58. The summed E-state index contributed by atoms with van der Waals surface area (Å²) in [6, 6.07) is 4.65. The highest BCUT2D eigenvalue weighted by Crippen LogP contribution is 2.17. The van der Waals surface area contributed by atoms with Gasteiger partial charge in [0.2, 0.25) is 0 Å². The smallest absolute Gasteiger partial charge is 0.253 e. The van der Waals surface area contributed by atoms with Gasteiger partial charge in [-0.3, -0.25) is 9.78 Å². The van der Waals surface area contributed by atoms with E-state index in [4.69, 9.17) is 4.74 Å². The average molecular weight is 381 g/mol. The van der Waals surface area contributed by atoms with Crippen molar-refractivity contribution in [1.29, 1.82) is 0 Å². The predicted molar refractivity (Wildman–Crippen MR) is 83.9 cm³/mol. The van der Waals surface area contributed by atoms with Crippen molar-refractivity contribution in [1.82, 2.24) is 10.3 Å². The van der Waals surface area contributed by atoms with Gasteiger partial charge in [0.25, 0.3) is 5.91 Å². The number of ether oxygens (including phenoxy) is 1. The van der Waals surface area contributed by atoms with E-state index in [1.807, 2.05) is 0 Å². The van der Waals surface area contributed by atoms with E-state index in [9.17, 15) is 13.6 Å². The molecule has 0 unspecified atom stereocenters. The second-order valence-electron chi connectivity index (χ2n) is 4.29. The highest BCUT2D eigenvalue weighted by atomic mass is 79.9. The Kier molecular flexibility index (Phi) is 6.06. The van der Waals surface area contributed by atoms with Crippen LogP contribution in [0.2, 0.25) is 0 Å². The van der Waals surface area contributed by atoms with Crippen molar-refractivity contribution in [3.05, 3.63) is 58.3 Å². The molecule has 0 fully saturated rings. The van der Waals surface area contributed by atoms with Crippen LogP contribution in [0.25, 0.3) is 0 Å². The highest BCUT2D eigenvalue weighted by molar-refractivity contribution is 9.10. The SMILES string of the molecule is O=C(NCC#CCOc1ccc(F)cc1F)c1cncc(Br)c1. The van der Waals surface area contributed by atoms with Crippen molar-refractivity contribution in [2.24, 2.45) is 0 Å². The zero-order chi connectivity index (χ0) is 16.7.